The summed E-state index contributed by atoms with van der Waals surface area (Å²) in [6, 6.07) is 5.84. The molecule has 0 bridgehead atoms. The van der Waals surface area contributed by atoms with Crippen LogP contribution in [-0.2, 0) is 0 Å². The van der Waals surface area contributed by atoms with E-state index in [1.165, 1.54) is 25.7 Å². The van der Waals surface area contributed by atoms with Gasteiger partial charge in [0.15, 0.2) is 0 Å². The highest BCUT2D eigenvalue weighted by Crippen LogP contribution is 2.60. The van der Waals surface area contributed by atoms with Crippen molar-refractivity contribution < 1.29 is 0 Å². The quantitative estimate of drug-likeness (QED) is 0.845. The third kappa shape index (κ3) is 1.99. The molecule has 3 atom stereocenters. The highest BCUT2D eigenvalue weighted by Gasteiger charge is 2.53. The van der Waals surface area contributed by atoms with Crippen molar-refractivity contribution in [2.45, 2.75) is 31.7 Å². The summed E-state index contributed by atoms with van der Waals surface area (Å²) >= 11 is 12.3. The van der Waals surface area contributed by atoms with Crippen molar-refractivity contribution in [3.05, 3.63) is 33.8 Å². The monoisotopic (exact) mass is 269 g/mol. The first-order valence-electron chi connectivity index (χ1n) is 6.39. The second-order valence-electron chi connectivity index (χ2n) is 5.36. The molecule has 3 rings (SSSR count). The number of hydrogen-bond acceptors (Lipinski definition) is 1. The van der Waals surface area contributed by atoms with Gasteiger partial charge in [-0.1, -0.05) is 48.2 Å². The summed E-state index contributed by atoms with van der Waals surface area (Å²) in [5.41, 5.74) is 7.41. The van der Waals surface area contributed by atoms with Gasteiger partial charge in [-0.2, -0.15) is 0 Å². The Kier molecular flexibility index (Phi) is 3.10. The molecule has 0 spiro atoms. The fourth-order valence-corrected chi connectivity index (χ4v) is 4.00. The van der Waals surface area contributed by atoms with E-state index in [2.05, 4.69) is 0 Å². The van der Waals surface area contributed by atoms with Gasteiger partial charge in [0.2, 0.25) is 0 Å². The molecule has 1 nitrogen and oxygen atoms in total. The molecule has 1 aromatic rings. The van der Waals surface area contributed by atoms with Gasteiger partial charge >= 0.3 is 0 Å². The van der Waals surface area contributed by atoms with Gasteiger partial charge in [-0.25, -0.2) is 0 Å². The van der Waals surface area contributed by atoms with Crippen molar-refractivity contribution in [1.82, 2.24) is 0 Å². The molecule has 2 fully saturated rings. The van der Waals surface area contributed by atoms with Gasteiger partial charge in [0, 0.05) is 6.04 Å². The second-order valence-corrected chi connectivity index (χ2v) is 6.14. The summed E-state index contributed by atoms with van der Waals surface area (Å²) in [5.74, 6) is 2.32. The number of benzene rings is 1. The molecule has 1 aromatic carbocycles. The topological polar surface area (TPSA) is 26.0 Å². The Hall–Kier alpha value is -0.240. The highest BCUT2D eigenvalue weighted by atomic mass is 35.5. The summed E-state index contributed by atoms with van der Waals surface area (Å²) < 4.78 is 0. The third-order valence-corrected chi connectivity index (χ3v) is 5.31. The van der Waals surface area contributed by atoms with Crippen LogP contribution in [0, 0.1) is 17.8 Å². The van der Waals surface area contributed by atoms with E-state index in [-0.39, 0.29) is 6.04 Å². The molecule has 0 radical (unpaired) electrons. The molecular formula is C14H17Cl2N. The molecule has 3 heteroatoms. The Morgan fingerprint density at radius 2 is 1.76 bits per heavy atom. The van der Waals surface area contributed by atoms with Gasteiger partial charge in [-0.3, -0.25) is 0 Å². The van der Waals surface area contributed by atoms with Crippen LogP contribution < -0.4 is 5.73 Å². The van der Waals surface area contributed by atoms with Crippen LogP contribution in [0.1, 0.15) is 37.3 Å². The Morgan fingerprint density at radius 3 is 2.41 bits per heavy atom. The molecule has 0 aromatic heterocycles. The summed E-state index contributed by atoms with van der Waals surface area (Å²) in [6.07, 6.45) is 5.43. The van der Waals surface area contributed by atoms with E-state index in [4.69, 9.17) is 28.9 Å². The van der Waals surface area contributed by atoms with E-state index in [0.29, 0.717) is 16.0 Å². The van der Waals surface area contributed by atoms with Crippen LogP contribution in [0.2, 0.25) is 10.0 Å². The van der Waals surface area contributed by atoms with Crippen LogP contribution in [-0.4, -0.2) is 0 Å². The van der Waals surface area contributed by atoms with Crippen molar-refractivity contribution in [1.29, 1.82) is 0 Å². The lowest BCUT2D eigenvalue weighted by Crippen LogP contribution is -2.15. The lowest BCUT2D eigenvalue weighted by atomic mass is 10.0. The van der Waals surface area contributed by atoms with Gasteiger partial charge < -0.3 is 5.73 Å². The molecule has 17 heavy (non-hydrogen) atoms. The van der Waals surface area contributed by atoms with E-state index in [1.54, 1.807) is 0 Å². The Morgan fingerprint density at radius 1 is 1.12 bits per heavy atom. The number of rotatable bonds is 2. The van der Waals surface area contributed by atoms with Crippen molar-refractivity contribution in [2.24, 2.45) is 23.5 Å². The predicted molar refractivity (Wildman–Crippen MR) is 72.3 cm³/mol. The number of hydrogen-bond donors (Lipinski definition) is 1. The van der Waals surface area contributed by atoms with Crippen LogP contribution >= 0.6 is 23.2 Å². The molecular weight excluding hydrogens is 253 g/mol. The fraction of sp³-hybridized carbons (Fsp3) is 0.571. The maximum absolute atomic E-state index is 6.39. The zero-order chi connectivity index (χ0) is 12.0. The van der Waals surface area contributed by atoms with Crippen molar-refractivity contribution >= 4 is 23.2 Å². The SMILES string of the molecule is NC(c1cccc(Cl)c1Cl)C1C2CCCCC21. The Bertz CT molecular complexity index is 420. The average molecular weight is 270 g/mol. The molecule has 0 aliphatic heterocycles. The number of fused-ring (bicyclic) bond motifs is 1. The summed E-state index contributed by atoms with van der Waals surface area (Å²) in [5, 5.41) is 1.26. The lowest BCUT2D eigenvalue weighted by Gasteiger charge is -2.14. The zero-order valence-electron chi connectivity index (χ0n) is 9.70. The van der Waals surface area contributed by atoms with E-state index in [9.17, 15) is 0 Å². The van der Waals surface area contributed by atoms with E-state index in [1.807, 2.05) is 18.2 Å². The largest absolute Gasteiger partial charge is 0.324 e. The molecule has 2 aliphatic rings. The minimum Gasteiger partial charge on any atom is -0.324 e. The minimum absolute atomic E-state index is 0.0642. The van der Waals surface area contributed by atoms with Crippen LogP contribution in [0.4, 0.5) is 0 Å². The minimum atomic E-state index is 0.0642. The molecule has 92 valence electrons. The van der Waals surface area contributed by atoms with Crippen molar-refractivity contribution in [3.8, 4) is 0 Å². The molecule has 2 N–H and O–H groups in total. The van der Waals surface area contributed by atoms with E-state index >= 15 is 0 Å². The maximum atomic E-state index is 6.39. The summed E-state index contributed by atoms with van der Waals surface area (Å²) in [7, 11) is 0. The molecule has 0 saturated heterocycles. The second kappa shape index (κ2) is 4.46. The highest BCUT2D eigenvalue weighted by molar-refractivity contribution is 6.42. The van der Waals surface area contributed by atoms with Gasteiger partial charge in [0.05, 0.1) is 10.0 Å². The maximum Gasteiger partial charge on any atom is 0.0640 e. The fourth-order valence-electron chi connectivity index (χ4n) is 3.57. The first-order valence-corrected chi connectivity index (χ1v) is 7.15. The summed E-state index contributed by atoms with van der Waals surface area (Å²) in [4.78, 5) is 0. The molecule has 2 saturated carbocycles. The lowest BCUT2D eigenvalue weighted by molar-refractivity contribution is 0.480. The standard InChI is InChI=1S/C14H17Cl2N/c15-11-7-3-6-10(13(11)16)14(17)12-8-4-1-2-5-9(8)12/h3,6-9,12,14H,1-2,4-5,17H2. The van der Waals surface area contributed by atoms with Crippen molar-refractivity contribution in [3.63, 3.8) is 0 Å². The average Bonchev–Trinajstić information content (AvgIpc) is 3.06. The Balaban J connectivity index is 1.83. The number of nitrogens with two attached hydrogens (primary N) is 1. The van der Waals surface area contributed by atoms with Gasteiger partial charge in [-0.15, -0.1) is 0 Å². The first kappa shape index (κ1) is 11.8. The Labute approximate surface area is 112 Å². The van der Waals surface area contributed by atoms with Gasteiger partial charge in [0.1, 0.15) is 0 Å². The molecule has 3 unspecified atom stereocenters. The van der Waals surface area contributed by atoms with Crippen molar-refractivity contribution in [2.75, 3.05) is 0 Å². The van der Waals surface area contributed by atoms with Crippen LogP contribution in [0.5, 0.6) is 0 Å². The molecule has 0 amide bonds. The molecule has 2 aliphatic carbocycles. The van der Waals surface area contributed by atoms with E-state index < -0.39 is 0 Å². The van der Waals surface area contributed by atoms with Crippen LogP contribution in [0.3, 0.4) is 0 Å². The third-order valence-electron chi connectivity index (χ3n) is 4.48. The van der Waals surface area contributed by atoms with Crippen LogP contribution in [0.25, 0.3) is 0 Å². The zero-order valence-corrected chi connectivity index (χ0v) is 11.2. The first-order chi connectivity index (χ1) is 8.20. The van der Waals surface area contributed by atoms with Gasteiger partial charge in [0.25, 0.3) is 0 Å². The summed E-state index contributed by atoms with van der Waals surface area (Å²) in [6.45, 7) is 0. The normalized spacial score (nSPS) is 33.0. The van der Waals surface area contributed by atoms with E-state index in [0.717, 1.165) is 17.4 Å². The predicted octanol–water partition coefficient (Wildman–Crippen LogP) is 4.43. The van der Waals surface area contributed by atoms with Crippen LogP contribution in [0.15, 0.2) is 18.2 Å². The van der Waals surface area contributed by atoms with Gasteiger partial charge in [-0.05, 0) is 42.2 Å². The smallest absolute Gasteiger partial charge is 0.0640 e. The molecule has 0 heterocycles. The number of halogens is 2.